The highest BCUT2D eigenvalue weighted by molar-refractivity contribution is 7.89. The number of nitrogens with zero attached hydrogens (tertiary/aromatic N) is 1. The van der Waals surface area contributed by atoms with E-state index in [9.17, 15) is 8.42 Å². The quantitative estimate of drug-likeness (QED) is 0.872. The van der Waals surface area contributed by atoms with Gasteiger partial charge in [0.25, 0.3) is 0 Å². The van der Waals surface area contributed by atoms with Crippen molar-refractivity contribution in [3.05, 3.63) is 18.2 Å². The van der Waals surface area contributed by atoms with Crippen molar-refractivity contribution in [2.75, 3.05) is 31.1 Å². The minimum atomic E-state index is -3.43. The molecule has 6 heteroatoms. The van der Waals surface area contributed by atoms with Crippen LogP contribution in [0.4, 0.5) is 5.69 Å². The molecular weight excluding hydrogens is 276 g/mol. The van der Waals surface area contributed by atoms with Gasteiger partial charge in [0.05, 0.1) is 17.1 Å². The highest BCUT2D eigenvalue weighted by Crippen LogP contribution is 2.33. The fourth-order valence-electron chi connectivity index (χ4n) is 2.24. The first-order chi connectivity index (χ1) is 9.58. The zero-order chi connectivity index (χ0) is 14.6. The zero-order valence-corrected chi connectivity index (χ0v) is 12.9. The highest BCUT2D eigenvalue weighted by atomic mass is 32.2. The van der Waals surface area contributed by atoms with E-state index in [-0.39, 0.29) is 0 Å². The minimum absolute atomic E-state index is 0.302. The van der Waals surface area contributed by atoms with Crippen molar-refractivity contribution in [3.63, 3.8) is 0 Å². The molecule has 0 atom stereocenters. The van der Waals surface area contributed by atoms with Gasteiger partial charge in [0.2, 0.25) is 10.0 Å². The van der Waals surface area contributed by atoms with Gasteiger partial charge in [0.15, 0.2) is 0 Å². The molecule has 0 saturated heterocycles. The summed E-state index contributed by atoms with van der Waals surface area (Å²) >= 11 is 0. The van der Waals surface area contributed by atoms with Crippen LogP contribution in [0.2, 0.25) is 0 Å². The van der Waals surface area contributed by atoms with Gasteiger partial charge in [-0.1, -0.05) is 13.8 Å². The Labute approximate surface area is 121 Å². The van der Waals surface area contributed by atoms with Gasteiger partial charge in [-0.25, -0.2) is 13.1 Å². The first-order valence-corrected chi connectivity index (χ1v) is 8.58. The van der Waals surface area contributed by atoms with E-state index in [4.69, 9.17) is 4.74 Å². The van der Waals surface area contributed by atoms with Crippen molar-refractivity contribution in [2.45, 2.75) is 31.6 Å². The van der Waals surface area contributed by atoms with E-state index in [0.29, 0.717) is 18.0 Å². The topological polar surface area (TPSA) is 58.6 Å². The molecular formula is C14H22N2O3S. The van der Waals surface area contributed by atoms with Crippen molar-refractivity contribution in [3.8, 4) is 5.75 Å². The van der Waals surface area contributed by atoms with E-state index in [1.54, 1.807) is 18.2 Å². The Morgan fingerprint density at radius 3 is 2.80 bits per heavy atom. The summed E-state index contributed by atoms with van der Waals surface area (Å²) in [6.45, 7) is 6.85. The van der Waals surface area contributed by atoms with Crippen LogP contribution in [0, 0.1) is 0 Å². The number of anilines is 1. The third-order valence-corrected chi connectivity index (χ3v) is 4.69. The predicted molar refractivity (Wildman–Crippen MR) is 79.9 cm³/mol. The van der Waals surface area contributed by atoms with Gasteiger partial charge >= 0.3 is 0 Å². The maximum absolute atomic E-state index is 12.2. The summed E-state index contributed by atoms with van der Waals surface area (Å²) in [5, 5.41) is 0. The lowest BCUT2D eigenvalue weighted by Crippen LogP contribution is -2.33. The Morgan fingerprint density at radius 1 is 1.30 bits per heavy atom. The van der Waals surface area contributed by atoms with E-state index in [1.807, 2.05) is 6.92 Å². The zero-order valence-electron chi connectivity index (χ0n) is 12.1. The lowest BCUT2D eigenvalue weighted by molar-refractivity contribution is 0.307. The number of rotatable bonds is 6. The molecule has 1 aromatic rings. The second kappa shape index (κ2) is 6.45. The number of hydrogen-bond donors (Lipinski definition) is 1. The van der Waals surface area contributed by atoms with E-state index >= 15 is 0 Å². The molecule has 2 rings (SSSR count). The molecule has 0 unspecified atom stereocenters. The Kier molecular flexibility index (Phi) is 4.88. The first kappa shape index (κ1) is 15.1. The molecule has 0 saturated carbocycles. The minimum Gasteiger partial charge on any atom is -0.490 e. The van der Waals surface area contributed by atoms with Crippen LogP contribution in [-0.4, -0.2) is 34.7 Å². The summed E-state index contributed by atoms with van der Waals surface area (Å²) in [5.74, 6) is 0.763. The standard InChI is InChI=1S/C14H22N2O3S/c1-3-7-15-20(17,18)12-5-6-14-13(11-12)16(8-4-2)9-10-19-14/h5-6,11,15H,3-4,7-10H2,1-2H3. The normalized spacial score (nSPS) is 14.8. The lowest BCUT2D eigenvalue weighted by atomic mass is 10.2. The van der Waals surface area contributed by atoms with Crippen LogP contribution in [0.5, 0.6) is 5.75 Å². The fourth-order valence-corrected chi connectivity index (χ4v) is 3.40. The van der Waals surface area contributed by atoms with E-state index in [2.05, 4.69) is 16.5 Å². The van der Waals surface area contributed by atoms with Gasteiger partial charge in [-0.15, -0.1) is 0 Å². The summed E-state index contributed by atoms with van der Waals surface area (Å²) in [6, 6.07) is 5.06. The Bertz CT molecular complexity index is 558. The maximum atomic E-state index is 12.2. The fraction of sp³-hybridized carbons (Fsp3) is 0.571. The van der Waals surface area contributed by atoms with Gasteiger partial charge in [0.1, 0.15) is 12.4 Å². The van der Waals surface area contributed by atoms with Gasteiger partial charge in [0, 0.05) is 13.1 Å². The lowest BCUT2D eigenvalue weighted by Gasteiger charge is -2.31. The van der Waals surface area contributed by atoms with Gasteiger partial charge < -0.3 is 9.64 Å². The monoisotopic (exact) mass is 298 g/mol. The SMILES string of the molecule is CCCNS(=O)(=O)c1ccc2c(c1)N(CCC)CCO2. The summed E-state index contributed by atoms with van der Waals surface area (Å²) < 4.78 is 32.5. The summed E-state index contributed by atoms with van der Waals surface area (Å²) in [7, 11) is -3.43. The van der Waals surface area contributed by atoms with Gasteiger partial charge in [-0.3, -0.25) is 0 Å². The number of hydrogen-bond acceptors (Lipinski definition) is 4. The van der Waals surface area contributed by atoms with Crippen LogP contribution in [0.15, 0.2) is 23.1 Å². The summed E-state index contributed by atoms with van der Waals surface area (Å²) in [5.41, 5.74) is 0.873. The molecule has 1 aliphatic rings. The van der Waals surface area contributed by atoms with Crippen molar-refractivity contribution in [2.24, 2.45) is 0 Å². The molecule has 1 N–H and O–H groups in total. The molecule has 20 heavy (non-hydrogen) atoms. The third kappa shape index (κ3) is 3.24. The average molecular weight is 298 g/mol. The molecule has 0 aromatic heterocycles. The van der Waals surface area contributed by atoms with Crippen LogP contribution in [0.3, 0.4) is 0 Å². The molecule has 0 spiro atoms. The molecule has 0 radical (unpaired) electrons. The van der Waals surface area contributed by atoms with Gasteiger partial charge in [-0.05, 0) is 31.0 Å². The van der Waals surface area contributed by atoms with Crippen molar-refractivity contribution < 1.29 is 13.2 Å². The third-order valence-electron chi connectivity index (χ3n) is 3.24. The van der Waals surface area contributed by atoms with Crippen molar-refractivity contribution in [1.29, 1.82) is 0 Å². The maximum Gasteiger partial charge on any atom is 0.240 e. The number of nitrogens with one attached hydrogen (secondary N) is 1. The number of benzene rings is 1. The average Bonchev–Trinajstić information content (AvgIpc) is 2.45. The van der Waals surface area contributed by atoms with Gasteiger partial charge in [-0.2, -0.15) is 0 Å². The van der Waals surface area contributed by atoms with Crippen LogP contribution in [0.25, 0.3) is 0 Å². The van der Waals surface area contributed by atoms with Crippen molar-refractivity contribution >= 4 is 15.7 Å². The largest absolute Gasteiger partial charge is 0.490 e. The smallest absolute Gasteiger partial charge is 0.240 e. The van der Waals surface area contributed by atoms with Crippen LogP contribution < -0.4 is 14.4 Å². The van der Waals surface area contributed by atoms with E-state index in [1.165, 1.54) is 0 Å². The second-order valence-corrected chi connectivity index (χ2v) is 6.63. The molecule has 1 aromatic carbocycles. The number of fused-ring (bicyclic) bond motifs is 1. The molecule has 0 fully saturated rings. The highest BCUT2D eigenvalue weighted by Gasteiger charge is 2.21. The molecule has 112 valence electrons. The molecule has 0 aliphatic carbocycles. The molecule has 5 nitrogen and oxygen atoms in total. The Hall–Kier alpha value is -1.27. The first-order valence-electron chi connectivity index (χ1n) is 7.10. The van der Waals surface area contributed by atoms with E-state index in [0.717, 1.165) is 37.4 Å². The Balaban J connectivity index is 2.32. The summed E-state index contributed by atoms with van der Waals surface area (Å²) in [4.78, 5) is 2.48. The van der Waals surface area contributed by atoms with Crippen LogP contribution >= 0.6 is 0 Å². The number of ether oxygens (including phenoxy) is 1. The summed E-state index contributed by atoms with van der Waals surface area (Å²) in [6.07, 6.45) is 1.79. The molecule has 0 bridgehead atoms. The molecule has 1 aliphatic heterocycles. The van der Waals surface area contributed by atoms with Crippen molar-refractivity contribution in [1.82, 2.24) is 4.72 Å². The second-order valence-electron chi connectivity index (χ2n) is 4.86. The van der Waals surface area contributed by atoms with Crippen LogP contribution in [-0.2, 0) is 10.0 Å². The van der Waals surface area contributed by atoms with Crippen LogP contribution in [0.1, 0.15) is 26.7 Å². The molecule has 1 heterocycles. The Morgan fingerprint density at radius 2 is 2.10 bits per heavy atom. The number of sulfonamides is 1. The predicted octanol–water partition coefficient (Wildman–Crippen LogP) is 1.98. The van der Waals surface area contributed by atoms with E-state index < -0.39 is 10.0 Å². The molecule has 0 amide bonds.